The Balaban J connectivity index is 0.782. The number of imidazole rings is 1. The van der Waals surface area contributed by atoms with Crippen LogP contribution in [0.4, 0.5) is 13.2 Å². The van der Waals surface area contributed by atoms with Gasteiger partial charge in [0.25, 0.3) is 5.91 Å². The minimum atomic E-state index is -1.79. The highest BCUT2D eigenvalue weighted by molar-refractivity contribution is 6.00. The monoisotopic (exact) mass is 821 g/mol. The number of fused-ring (bicyclic) bond motifs is 3. The van der Waals surface area contributed by atoms with Crippen LogP contribution < -0.4 is 16.3 Å². The van der Waals surface area contributed by atoms with Crippen molar-refractivity contribution in [3.63, 3.8) is 0 Å². The maximum Gasteiger partial charge on any atom is 0.329 e. The summed E-state index contributed by atoms with van der Waals surface area (Å²) in [6.07, 6.45) is 9.28. The van der Waals surface area contributed by atoms with E-state index in [0.29, 0.717) is 30.4 Å². The van der Waals surface area contributed by atoms with Crippen molar-refractivity contribution in [2.75, 3.05) is 13.1 Å². The molecule has 310 valence electrons. The summed E-state index contributed by atoms with van der Waals surface area (Å²) in [6.45, 7) is 2.54. The normalized spacial score (nSPS) is 19.6. The third kappa shape index (κ3) is 7.31. The van der Waals surface area contributed by atoms with Gasteiger partial charge in [0.05, 0.1) is 33.8 Å². The lowest BCUT2D eigenvalue weighted by atomic mass is 9.86. The molecule has 0 spiro atoms. The van der Waals surface area contributed by atoms with Gasteiger partial charge in [0.15, 0.2) is 23.2 Å². The molecule has 9 rings (SSSR count). The molecule has 3 amide bonds. The number of amides is 3. The number of carbonyl (C=O) groups excluding carboxylic acids is 3. The zero-order chi connectivity index (χ0) is 41.8. The lowest BCUT2D eigenvalue weighted by Gasteiger charge is -2.28. The second kappa shape index (κ2) is 15.7. The first kappa shape index (κ1) is 39.1. The summed E-state index contributed by atoms with van der Waals surface area (Å²) >= 11 is 0. The molecule has 3 aromatic heterocycles. The highest BCUT2D eigenvalue weighted by Gasteiger charge is 2.32. The van der Waals surface area contributed by atoms with E-state index in [1.165, 1.54) is 4.57 Å². The molecule has 6 aromatic rings. The van der Waals surface area contributed by atoms with Crippen LogP contribution in [-0.2, 0) is 36.1 Å². The largest absolute Gasteiger partial charge is 0.503 e. The van der Waals surface area contributed by atoms with Crippen LogP contribution in [0, 0.1) is 23.4 Å². The van der Waals surface area contributed by atoms with Gasteiger partial charge in [0.1, 0.15) is 6.04 Å². The molecule has 5 heterocycles. The maximum atomic E-state index is 14.2. The number of carbonyl (C=O) groups is 3. The lowest BCUT2D eigenvalue weighted by molar-refractivity contribution is -0.135. The van der Waals surface area contributed by atoms with Crippen molar-refractivity contribution < 1.29 is 32.7 Å². The van der Waals surface area contributed by atoms with Gasteiger partial charge in [-0.1, -0.05) is 18.2 Å². The Labute approximate surface area is 341 Å². The molecule has 14 nitrogen and oxygen atoms in total. The number of nitrogens with one attached hydrogen (secondary N) is 2. The standard InChI is InChI=1S/C43H42F3N9O5/c1-52-35-15-23(6-11-33(35)55(43(52)60)34-12-13-36(56)50-42(34)59)3-2-14-53-20-27-19-47-40(49-32(27)22-53)25-7-8-26-21-54(51-31(26)16-25)28-9-4-24(5-10-28)18-48-41(58)29-17-30(44)39(57)38(46)37(29)45/h6-8,11,15-17,19,21,24,28,34,57H,2-5,9-10,12-14,18,20,22H2,1H3,(H,48,58)(H,50,56,59)/t24?,28?,34-/m1/s1. The molecule has 3 aromatic carbocycles. The molecule has 0 bridgehead atoms. The van der Waals surface area contributed by atoms with Gasteiger partial charge in [-0.2, -0.15) is 9.49 Å². The zero-order valence-corrected chi connectivity index (χ0v) is 32.8. The Kier molecular flexibility index (Phi) is 10.2. The van der Waals surface area contributed by atoms with Gasteiger partial charge in [0, 0.05) is 62.0 Å². The first-order chi connectivity index (χ1) is 28.9. The highest BCUT2D eigenvalue weighted by Crippen LogP contribution is 2.34. The quantitative estimate of drug-likeness (QED) is 0.122. The van der Waals surface area contributed by atoms with Crippen molar-refractivity contribution in [2.45, 2.75) is 76.5 Å². The van der Waals surface area contributed by atoms with Gasteiger partial charge in [-0.3, -0.25) is 38.4 Å². The van der Waals surface area contributed by atoms with Gasteiger partial charge in [-0.25, -0.2) is 23.5 Å². The van der Waals surface area contributed by atoms with E-state index in [-0.39, 0.29) is 36.5 Å². The number of aromatic hydroxyl groups is 1. The number of hydrogen-bond acceptors (Lipinski definition) is 9. The average Bonchev–Trinajstić information content (AvgIpc) is 3.93. The summed E-state index contributed by atoms with van der Waals surface area (Å²) in [6, 6.07) is 11.9. The predicted octanol–water partition coefficient (Wildman–Crippen LogP) is 5.36. The van der Waals surface area contributed by atoms with Crippen LogP contribution in [-0.4, -0.2) is 69.7 Å². The number of halogens is 3. The second-order valence-corrected chi connectivity index (χ2v) is 16.1. The van der Waals surface area contributed by atoms with E-state index >= 15 is 0 Å². The number of aromatic nitrogens is 6. The van der Waals surface area contributed by atoms with E-state index in [1.54, 1.807) is 11.6 Å². The first-order valence-corrected chi connectivity index (χ1v) is 20.2. The predicted molar refractivity (Wildman–Crippen MR) is 213 cm³/mol. The second-order valence-electron chi connectivity index (χ2n) is 16.1. The molecule has 60 heavy (non-hydrogen) atoms. The first-order valence-electron chi connectivity index (χ1n) is 20.2. The average molecular weight is 822 g/mol. The molecule has 1 saturated heterocycles. The smallest absolute Gasteiger partial charge is 0.329 e. The van der Waals surface area contributed by atoms with Crippen LogP contribution >= 0.6 is 0 Å². The number of benzene rings is 3. The number of phenols is 1. The summed E-state index contributed by atoms with van der Waals surface area (Å²) in [7, 11) is 1.70. The lowest BCUT2D eigenvalue weighted by Crippen LogP contribution is -2.44. The summed E-state index contributed by atoms with van der Waals surface area (Å²) in [4.78, 5) is 61.9. The Hall–Kier alpha value is -6.36. The Bertz CT molecular complexity index is 2770. The number of rotatable bonds is 10. The Morgan fingerprint density at radius 3 is 2.58 bits per heavy atom. The highest BCUT2D eigenvalue weighted by atomic mass is 19.2. The minimum absolute atomic E-state index is 0.103. The van der Waals surface area contributed by atoms with Gasteiger partial charge in [0.2, 0.25) is 17.6 Å². The van der Waals surface area contributed by atoms with Crippen molar-refractivity contribution in [1.29, 1.82) is 0 Å². The van der Waals surface area contributed by atoms with Crippen LogP contribution in [0.3, 0.4) is 0 Å². The van der Waals surface area contributed by atoms with E-state index in [0.717, 1.165) is 90.4 Å². The molecule has 3 aliphatic rings. The number of phenolic OH excluding ortho intramolecular Hbond substituents is 1. The van der Waals surface area contributed by atoms with Crippen molar-refractivity contribution in [1.82, 2.24) is 44.4 Å². The molecule has 3 N–H and O–H groups in total. The molecule has 1 saturated carbocycles. The molecule has 1 aliphatic carbocycles. The third-order valence-electron chi connectivity index (χ3n) is 12.2. The molecule has 2 aliphatic heterocycles. The molecular formula is C43H42F3N9O5. The van der Waals surface area contributed by atoms with Crippen molar-refractivity contribution >= 4 is 39.7 Å². The number of nitrogens with zero attached hydrogens (tertiary/aromatic N) is 7. The molecule has 1 atom stereocenters. The van der Waals surface area contributed by atoms with E-state index < -0.39 is 46.6 Å². The van der Waals surface area contributed by atoms with Crippen molar-refractivity contribution in [3.05, 3.63) is 105 Å². The summed E-state index contributed by atoms with van der Waals surface area (Å²) in [5, 5.41) is 20.1. The Morgan fingerprint density at radius 1 is 0.967 bits per heavy atom. The van der Waals surface area contributed by atoms with Gasteiger partial charge >= 0.3 is 5.69 Å². The van der Waals surface area contributed by atoms with Crippen molar-refractivity contribution in [2.24, 2.45) is 13.0 Å². The van der Waals surface area contributed by atoms with Gasteiger partial charge in [-0.15, -0.1) is 0 Å². The number of aryl methyl sites for hydroxylation is 2. The zero-order valence-electron chi connectivity index (χ0n) is 32.8. The van der Waals surface area contributed by atoms with E-state index in [1.807, 2.05) is 53.5 Å². The van der Waals surface area contributed by atoms with E-state index in [9.17, 15) is 37.5 Å². The van der Waals surface area contributed by atoms with Crippen LogP contribution in [0.1, 0.15) is 84.2 Å². The van der Waals surface area contributed by atoms with Gasteiger partial charge in [-0.05, 0) is 87.2 Å². The fourth-order valence-electron chi connectivity index (χ4n) is 8.88. The molecule has 0 radical (unpaired) electrons. The molecule has 0 unspecified atom stereocenters. The summed E-state index contributed by atoms with van der Waals surface area (Å²) < 4.78 is 46.7. The molecular weight excluding hydrogens is 780 g/mol. The number of piperidine rings is 1. The van der Waals surface area contributed by atoms with Crippen LogP contribution in [0.15, 0.2) is 59.7 Å². The summed E-state index contributed by atoms with van der Waals surface area (Å²) in [5.74, 6) is -7.20. The summed E-state index contributed by atoms with van der Waals surface area (Å²) in [5.41, 5.74) is 5.24. The number of imide groups is 1. The Morgan fingerprint density at radius 2 is 1.78 bits per heavy atom. The van der Waals surface area contributed by atoms with E-state index in [2.05, 4.69) is 15.5 Å². The fourth-order valence-corrected chi connectivity index (χ4v) is 8.88. The molecule has 17 heteroatoms. The van der Waals surface area contributed by atoms with Gasteiger partial charge < -0.3 is 10.4 Å². The fraction of sp³-hybridized carbons (Fsp3) is 0.372. The van der Waals surface area contributed by atoms with Crippen LogP contribution in [0.2, 0.25) is 0 Å². The van der Waals surface area contributed by atoms with Crippen LogP contribution in [0.25, 0.3) is 33.3 Å². The molecule has 2 fully saturated rings. The van der Waals surface area contributed by atoms with E-state index in [4.69, 9.17) is 15.1 Å². The minimum Gasteiger partial charge on any atom is -0.503 e. The topological polar surface area (TPSA) is 169 Å². The SMILES string of the molecule is Cn1c(=O)n([C@@H]2CCC(=O)NC2=O)c2ccc(CCCN3Cc4cnc(-c5ccc6cn(C7CCC(CNC(=O)c8cc(F)c(O)c(F)c8F)CC7)nc6c5)nc4C3)cc21. The maximum absolute atomic E-state index is 14.2. The van der Waals surface area contributed by atoms with Crippen LogP contribution in [0.5, 0.6) is 5.75 Å². The van der Waals surface area contributed by atoms with Crippen molar-refractivity contribution in [3.8, 4) is 17.1 Å². The number of hydrogen-bond donors (Lipinski definition) is 3. The third-order valence-corrected chi connectivity index (χ3v) is 12.2.